The van der Waals surface area contributed by atoms with Crippen LogP contribution in [0.4, 0.5) is 9.52 Å². The smallest absolute Gasteiger partial charge is 0.223 e. The largest absolute Gasteiger partial charge is 0.302 e. The van der Waals surface area contributed by atoms with Crippen molar-refractivity contribution in [3.63, 3.8) is 0 Å². The fraction of sp³-hybridized carbons (Fsp3) is 0.158. The summed E-state index contributed by atoms with van der Waals surface area (Å²) in [6.45, 7) is 3.15. The normalized spacial score (nSPS) is 11.4. The predicted octanol–water partition coefficient (Wildman–Crippen LogP) is 4.19. The average Bonchev–Trinajstić information content (AvgIpc) is 2.97. The third-order valence-electron chi connectivity index (χ3n) is 3.84. The van der Waals surface area contributed by atoms with Crippen molar-refractivity contribution in [3.8, 4) is 10.4 Å². The Hall–Kier alpha value is -2.58. The summed E-state index contributed by atoms with van der Waals surface area (Å²) in [5.41, 5.74) is 1.35. The van der Waals surface area contributed by atoms with Crippen LogP contribution in [0.3, 0.4) is 0 Å². The van der Waals surface area contributed by atoms with E-state index in [0.717, 1.165) is 4.88 Å². The molecule has 0 atom stereocenters. The van der Waals surface area contributed by atoms with Gasteiger partial charge in [0.25, 0.3) is 0 Å². The Kier molecular flexibility index (Phi) is 5.38. The van der Waals surface area contributed by atoms with E-state index in [1.54, 1.807) is 31.2 Å². The molecule has 0 unspecified atom stereocenters. The number of amides is 1. The Balaban J connectivity index is 1.89. The van der Waals surface area contributed by atoms with Gasteiger partial charge in [0, 0.05) is 12.5 Å². The molecule has 3 rings (SSSR count). The molecule has 8 heteroatoms. The van der Waals surface area contributed by atoms with Gasteiger partial charge in [0.15, 0.2) is 15.0 Å². The molecule has 0 aliphatic rings. The number of sulfone groups is 1. The van der Waals surface area contributed by atoms with E-state index in [1.807, 2.05) is 0 Å². The molecule has 1 aromatic heterocycles. The second-order valence-corrected chi connectivity index (χ2v) is 8.98. The number of halogens is 1. The van der Waals surface area contributed by atoms with E-state index in [0.29, 0.717) is 16.4 Å². The monoisotopic (exact) mass is 404 g/mol. The van der Waals surface area contributed by atoms with E-state index in [-0.39, 0.29) is 16.4 Å². The Morgan fingerprint density at radius 3 is 2.52 bits per heavy atom. The quantitative estimate of drug-likeness (QED) is 0.692. The molecule has 1 heterocycles. The zero-order valence-corrected chi connectivity index (χ0v) is 16.3. The first-order valence-corrected chi connectivity index (χ1v) is 10.5. The number of nitrogens with one attached hydrogen (secondary N) is 1. The highest BCUT2D eigenvalue weighted by atomic mass is 32.2. The Morgan fingerprint density at radius 1 is 1.19 bits per heavy atom. The van der Waals surface area contributed by atoms with Crippen LogP contribution in [0.2, 0.25) is 0 Å². The highest BCUT2D eigenvalue weighted by Crippen LogP contribution is 2.34. The summed E-state index contributed by atoms with van der Waals surface area (Å²) in [5.74, 6) is -1.24. The van der Waals surface area contributed by atoms with E-state index >= 15 is 0 Å². The van der Waals surface area contributed by atoms with Gasteiger partial charge >= 0.3 is 0 Å². The van der Waals surface area contributed by atoms with Crippen LogP contribution in [0.25, 0.3) is 10.4 Å². The molecule has 0 spiro atoms. The number of carbonyl (C=O) groups excluding carboxylic acids is 1. The van der Waals surface area contributed by atoms with Gasteiger partial charge in [-0.2, -0.15) is 0 Å². The number of nitrogens with zero attached hydrogens (tertiary/aromatic N) is 1. The highest BCUT2D eigenvalue weighted by molar-refractivity contribution is 7.90. The van der Waals surface area contributed by atoms with Gasteiger partial charge in [-0.15, -0.1) is 0 Å². The molecule has 0 bridgehead atoms. The molecule has 0 aliphatic heterocycles. The number of hydrogen-bond acceptors (Lipinski definition) is 5. The number of carbonyl (C=O) groups is 1. The van der Waals surface area contributed by atoms with Crippen molar-refractivity contribution in [2.75, 3.05) is 5.32 Å². The van der Waals surface area contributed by atoms with Crippen LogP contribution in [0.15, 0.2) is 53.4 Å². The molecule has 3 aromatic rings. The first-order chi connectivity index (χ1) is 12.8. The van der Waals surface area contributed by atoms with E-state index in [9.17, 15) is 17.6 Å². The van der Waals surface area contributed by atoms with Gasteiger partial charge in [-0.3, -0.25) is 4.79 Å². The van der Waals surface area contributed by atoms with Crippen molar-refractivity contribution >= 4 is 32.2 Å². The van der Waals surface area contributed by atoms with Crippen molar-refractivity contribution in [3.05, 3.63) is 65.6 Å². The van der Waals surface area contributed by atoms with Gasteiger partial charge in [0.05, 0.1) is 21.2 Å². The molecule has 0 saturated carbocycles. The molecule has 0 saturated heterocycles. The first-order valence-electron chi connectivity index (χ1n) is 8.08. The maximum Gasteiger partial charge on any atom is 0.223 e. The van der Waals surface area contributed by atoms with Gasteiger partial charge in [0.2, 0.25) is 5.91 Å². The molecular formula is C19H17FN2O3S2. The Labute approximate surface area is 160 Å². The summed E-state index contributed by atoms with van der Waals surface area (Å²) in [4.78, 5) is 16.3. The van der Waals surface area contributed by atoms with E-state index in [1.165, 1.54) is 42.5 Å². The zero-order chi connectivity index (χ0) is 19.6. The molecular weight excluding hydrogens is 387 g/mol. The van der Waals surface area contributed by atoms with Crippen molar-refractivity contribution in [2.45, 2.75) is 24.5 Å². The standard InChI is InChI=1S/C19H17FN2O3S2/c1-12-18(26-19(21-12)22-13(2)23)14-8-9-15(17(20)10-14)11-27(24,25)16-6-4-3-5-7-16/h3-10H,11H2,1-2H3,(H,21,22,23). The Bertz CT molecular complexity index is 1090. The number of rotatable bonds is 5. The first kappa shape index (κ1) is 19.2. The van der Waals surface area contributed by atoms with Crippen LogP contribution in [-0.4, -0.2) is 19.3 Å². The molecule has 0 fully saturated rings. The van der Waals surface area contributed by atoms with Gasteiger partial charge in [-0.05, 0) is 30.7 Å². The summed E-state index contributed by atoms with van der Waals surface area (Å²) < 4.78 is 39.5. The number of aromatic nitrogens is 1. The molecule has 140 valence electrons. The van der Waals surface area contributed by atoms with Gasteiger partial charge in [0.1, 0.15) is 5.82 Å². The third-order valence-corrected chi connectivity index (χ3v) is 6.65. The van der Waals surface area contributed by atoms with E-state index in [2.05, 4.69) is 10.3 Å². The van der Waals surface area contributed by atoms with Crippen molar-refractivity contribution in [1.82, 2.24) is 4.98 Å². The topological polar surface area (TPSA) is 76.1 Å². The van der Waals surface area contributed by atoms with Crippen LogP contribution >= 0.6 is 11.3 Å². The summed E-state index contributed by atoms with van der Waals surface area (Å²) in [6, 6.07) is 12.4. The van der Waals surface area contributed by atoms with Gasteiger partial charge < -0.3 is 5.32 Å². The molecule has 1 N–H and O–H groups in total. The average molecular weight is 404 g/mol. The van der Waals surface area contributed by atoms with Crippen LogP contribution in [-0.2, 0) is 20.4 Å². The number of benzene rings is 2. The SMILES string of the molecule is CC(=O)Nc1nc(C)c(-c2ccc(CS(=O)(=O)c3ccccc3)c(F)c2)s1. The van der Waals surface area contributed by atoms with Crippen LogP contribution in [0.1, 0.15) is 18.2 Å². The van der Waals surface area contributed by atoms with Crippen LogP contribution in [0.5, 0.6) is 0 Å². The van der Waals surface area contributed by atoms with Crippen LogP contribution < -0.4 is 5.32 Å². The minimum Gasteiger partial charge on any atom is -0.302 e. The van der Waals surface area contributed by atoms with Gasteiger partial charge in [-0.1, -0.05) is 41.7 Å². The molecule has 27 heavy (non-hydrogen) atoms. The number of aryl methyl sites for hydroxylation is 1. The molecule has 0 radical (unpaired) electrons. The lowest BCUT2D eigenvalue weighted by molar-refractivity contribution is -0.114. The zero-order valence-electron chi connectivity index (χ0n) is 14.7. The fourth-order valence-corrected chi connectivity index (χ4v) is 4.98. The van der Waals surface area contributed by atoms with E-state index < -0.39 is 21.4 Å². The number of anilines is 1. The summed E-state index contributed by atoms with van der Waals surface area (Å²) in [6.07, 6.45) is 0. The van der Waals surface area contributed by atoms with Crippen LogP contribution in [0, 0.1) is 12.7 Å². The second-order valence-electron chi connectivity index (χ2n) is 5.99. The van der Waals surface area contributed by atoms with E-state index in [4.69, 9.17) is 0 Å². The van der Waals surface area contributed by atoms with Crippen molar-refractivity contribution in [1.29, 1.82) is 0 Å². The summed E-state index contributed by atoms with van der Waals surface area (Å²) in [5, 5.41) is 3.04. The third kappa shape index (κ3) is 4.40. The number of thiazole rings is 1. The number of hydrogen-bond donors (Lipinski definition) is 1. The lowest BCUT2D eigenvalue weighted by Crippen LogP contribution is -2.06. The predicted molar refractivity (Wildman–Crippen MR) is 104 cm³/mol. The summed E-state index contributed by atoms with van der Waals surface area (Å²) in [7, 11) is -3.63. The Morgan fingerprint density at radius 2 is 1.89 bits per heavy atom. The lowest BCUT2D eigenvalue weighted by Gasteiger charge is -2.07. The fourth-order valence-electron chi connectivity index (χ4n) is 2.59. The van der Waals surface area contributed by atoms with Crippen molar-refractivity contribution in [2.24, 2.45) is 0 Å². The molecule has 0 aliphatic carbocycles. The lowest BCUT2D eigenvalue weighted by atomic mass is 10.1. The minimum absolute atomic E-state index is 0.104. The van der Waals surface area contributed by atoms with Crippen molar-refractivity contribution < 1.29 is 17.6 Å². The molecule has 1 amide bonds. The molecule has 5 nitrogen and oxygen atoms in total. The second kappa shape index (κ2) is 7.58. The maximum absolute atomic E-state index is 14.6. The minimum atomic E-state index is -3.63. The summed E-state index contributed by atoms with van der Waals surface area (Å²) >= 11 is 1.24. The molecule has 2 aromatic carbocycles. The van der Waals surface area contributed by atoms with Gasteiger partial charge in [-0.25, -0.2) is 17.8 Å². The maximum atomic E-state index is 14.6. The highest BCUT2D eigenvalue weighted by Gasteiger charge is 2.19.